The zero-order chi connectivity index (χ0) is 24.7. The van der Waals surface area contributed by atoms with Gasteiger partial charge >= 0.3 is 0 Å². The molecule has 3 aromatic rings. The van der Waals surface area contributed by atoms with Gasteiger partial charge in [0.1, 0.15) is 34.9 Å². The molecule has 0 radical (unpaired) electrons. The topological polar surface area (TPSA) is 124 Å². The van der Waals surface area contributed by atoms with E-state index >= 15 is 0 Å². The Bertz CT molecular complexity index is 1320. The van der Waals surface area contributed by atoms with E-state index in [0.717, 1.165) is 11.1 Å². The van der Waals surface area contributed by atoms with E-state index in [4.69, 9.17) is 4.74 Å². The molecular formula is C28H24O7. The van der Waals surface area contributed by atoms with Crippen molar-refractivity contribution in [3.05, 3.63) is 76.9 Å². The predicted octanol–water partition coefficient (Wildman–Crippen LogP) is 4.84. The number of rotatable bonds is 4. The predicted molar refractivity (Wildman–Crippen MR) is 128 cm³/mol. The molecule has 7 nitrogen and oxygen atoms in total. The maximum Gasteiger partial charge on any atom is 0.157 e. The van der Waals surface area contributed by atoms with Gasteiger partial charge in [-0.05, 0) is 52.9 Å². The third kappa shape index (κ3) is 4.45. The quantitative estimate of drug-likeness (QED) is 0.243. The lowest BCUT2D eigenvalue weighted by atomic mass is 9.72. The maximum absolute atomic E-state index is 12.4. The maximum atomic E-state index is 12.4. The molecule has 0 saturated heterocycles. The molecule has 178 valence electrons. The molecule has 4 N–H and O–H groups in total. The van der Waals surface area contributed by atoms with E-state index in [1.165, 1.54) is 18.2 Å². The van der Waals surface area contributed by atoms with Crippen molar-refractivity contribution in [1.82, 2.24) is 0 Å². The number of aromatic hydroxyl groups is 4. The lowest BCUT2D eigenvalue weighted by molar-refractivity contribution is -0.131. The summed E-state index contributed by atoms with van der Waals surface area (Å²) in [7, 11) is 0. The molecule has 0 amide bonds. The SMILES string of the molecule is O=C1CC(=O)CC(C2c3c(C=Cc4ccc(O)cc4)cc(O)cc3OC2c2ccc(O)c(O)c2)C1. The van der Waals surface area contributed by atoms with Crippen molar-refractivity contribution in [2.75, 3.05) is 0 Å². The van der Waals surface area contributed by atoms with E-state index in [-0.39, 0.29) is 59.7 Å². The van der Waals surface area contributed by atoms with Gasteiger partial charge < -0.3 is 25.2 Å². The number of hydrogen-bond acceptors (Lipinski definition) is 7. The Balaban J connectivity index is 1.62. The van der Waals surface area contributed by atoms with E-state index in [1.807, 2.05) is 12.2 Å². The zero-order valence-electron chi connectivity index (χ0n) is 18.7. The molecule has 7 heteroatoms. The van der Waals surface area contributed by atoms with Gasteiger partial charge in [-0.25, -0.2) is 0 Å². The molecule has 5 rings (SSSR count). The van der Waals surface area contributed by atoms with Crippen LogP contribution in [0.3, 0.4) is 0 Å². The normalized spacial score (nSPS) is 20.2. The van der Waals surface area contributed by atoms with Crippen molar-refractivity contribution in [2.24, 2.45) is 5.92 Å². The van der Waals surface area contributed by atoms with Gasteiger partial charge in [0.05, 0.1) is 6.42 Å². The lowest BCUT2D eigenvalue weighted by Crippen LogP contribution is -2.29. The summed E-state index contributed by atoms with van der Waals surface area (Å²) in [6.07, 6.45) is 3.41. The number of phenols is 4. The highest BCUT2D eigenvalue weighted by Crippen LogP contribution is 2.55. The number of phenolic OH excluding ortho intramolecular Hbond substituents is 4. The second-order valence-electron chi connectivity index (χ2n) is 9.11. The Kier molecular flexibility index (Phi) is 5.68. The Labute approximate surface area is 201 Å². The minimum Gasteiger partial charge on any atom is -0.508 e. The average Bonchev–Trinajstić information content (AvgIpc) is 3.19. The number of carbonyl (C=O) groups excluding carboxylic acids is 2. The highest BCUT2D eigenvalue weighted by Gasteiger charge is 2.45. The minimum absolute atomic E-state index is 0.00198. The highest BCUT2D eigenvalue weighted by atomic mass is 16.5. The second-order valence-corrected chi connectivity index (χ2v) is 9.11. The van der Waals surface area contributed by atoms with Crippen LogP contribution in [-0.4, -0.2) is 32.0 Å². The van der Waals surface area contributed by atoms with Gasteiger partial charge in [-0.3, -0.25) is 9.59 Å². The molecule has 35 heavy (non-hydrogen) atoms. The first kappa shape index (κ1) is 22.5. The van der Waals surface area contributed by atoms with Gasteiger partial charge in [0.15, 0.2) is 11.5 Å². The van der Waals surface area contributed by atoms with Crippen LogP contribution in [0.5, 0.6) is 28.7 Å². The number of benzene rings is 3. The number of fused-ring (bicyclic) bond motifs is 1. The van der Waals surface area contributed by atoms with Gasteiger partial charge in [-0.1, -0.05) is 30.4 Å². The van der Waals surface area contributed by atoms with Crippen LogP contribution in [-0.2, 0) is 9.59 Å². The van der Waals surface area contributed by atoms with Crippen molar-refractivity contribution in [1.29, 1.82) is 0 Å². The highest BCUT2D eigenvalue weighted by molar-refractivity contribution is 6.01. The van der Waals surface area contributed by atoms with E-state index in [0.29, 0.717) is 16.9 Å². The summed E-state index contributed by atoms with van der Waals surface area (Å²) < 4.78 is 6.27. The van der Waals surface area contributed by atoms with Crippen LogP contribution in [0.4, 0.5) is 0 Å². The van der Waals surface area contributed by atoms with E-state index in [1.54, 1.807) is 36.4 Å². The number of ether oxygens (including phenoxy) is 1. The first-order valence-electron chi connectivity index (χ1n) is 11.3. The van der Waals surface area contributed by atoms with Crippen LogP contribution in [0.15, 0.2) is 54.6 Å². The van der Waals surface area contributed by atoms with E-state index in [9.17, 15) is 30.0 Å². The first-order chi connectivity index (χ1) is 16.8. The van der Waals surface area contributed by atoms with Gasteiger partial charge in [0.25, 0.3) is 0 Å². The molecule has 1 aliphatic carbocycles. The molecule has 1 fully saturated rings. The van der Waals surface area contributed by atoms with Crippen LogP contribution in [0.2, 0.25) is 0 Å². The fraction of sp³-hybridized carbons (Fsp3) is 0.214. The number of Topliss-reactive ketones (excluding diaryl/α,β-unsaturated/α-hetero) is 2. The Morgan fingerprint density at radius 2 is 1.49 bits per heavy atom. The van der Waals surface area contributed by atoms with Crippen molar-refractivity contribution in [2.45, 2.75) is 31.3 Å². The van der Waals surface area contributed by atoms with Crippen molar-refractivity contribution in [3.8, 4) is 28.7 Å². The molecule has 2 aliphatic rings. The van der Waals surface area contributed by atoms with Gasteiger partial charge in [0.2, 0.25) is 0 Å². The summed E-state index contributed by atoms with van der Waals surface area (Å²) in [5, 5.41) is 39.8. The van der Waals surface area contributed by atoms with Crippen molar-refractivity contribution >= 4 is 23.7 Å². The summed E-state index contributed by atoms with van der Waals surface area (Å²) in [4.78, 5) is 24.7. The molecule has 2 unspecified atom stereocenters. The smallest absolute Gasteiger partial charge is 0.157 e. The second kappa shape index (κ2) is 8.83. The van der Waals surface area contributed by atoms with E-state index in [2.05, 4.69) is 0 Å². The summed E-state index contributed by atoms with van der Waals surface area (Å²) in [6, 6.07) is 14.2. The van der Waals surface area contributed by atoms with Crippen LogP contribution in [0.25, 0.3) is 12.2 Å². The van der Waals surface area contributed by atoms with Crippen LogP contribution in [0, 0.1) is 5.92 Å². The Morgan fingerprint density at radius 3 is 2.17 bits per heavy atom. The molecule has 1 saturated carbocycles. The summed E-state index contributed by atoms with van der Waals surface area (Å²) >= 11 is 0. The summed E-state index contributed by atoms with van der Waals surface area (Å²) in [5.74, 6) is -0.940. The molecule has 3 aromatic carbocycles. The molecule has 1 aliphatic heterocycles. The summed E-state index contributed by atoms with van der Waals surface area (Å²) in [5.41, 5.74) is 2.86. The first-order valence-corrected chi connectivity index (χ1v) is 11.3. The third-order valence-corrected chi connectivity index (χ3v) is 6.63. The molecular weight excluding hydrogens is 448 g/mol. The fourth-order valence-corrected chi connectivity index (χ4v) is 5.11. The fourth-order valence-electron chi connectivity index (χ4n) is 5.11. The lowest BCUT2D eigenvalue weighted by Gasteiger charge is -2.30. The largest absolute Gasteiger partial charge is 0.508 e. The molecule has 0 aromatic heterocycles. The Hall–Kier alpha value is -4.26. The number of carbonyl (C=O) groups is 2. The summed E-state index contributed by atoms with van der Waals surface area (Å²) in [6.45, 7) is 0. The molecule has 1 heterocycles. The standard InChI is InChI=1S/C28H24O7/c29-19-6-2-15(3-7-19)1-4-16-9-22(32)14-25-26(16)27(18-10-20(30)13-21(31)11-18)28(35-25)17-5-8-23(33)24(34)12-17/h1-9,12,14,18,27-29,32-34H,10-11,13H2. The Morgan fingerprint density at radius 1 is 0.771 bits per heavy atom. The monoisotopic (exact) mass is 472 g/mol. The number of hydrogen-bond donors (Lipinski definition) is 4. The molecule has 0 bridgehead atoms. The van der Waals surface area contributed by atoms with Gasteiger partial charge in [-0.15, -0.1) is 0 Å². The zero-order valence-corrected chi connectivity index (χ0v) is 18.7. The van der Waals surface area contributed by atoms with Gasteiger partial charge in [-0.2, -0.15) is 0 Å². The van der Waals surface area contributed by atoms with E-state index < -0.39 is 12.0 Å². The molecule has 0 spiro atoms. The average molecular weight is 472 g/mol. The molecule has 2 atom stereocenters. The van der Waals surface area contributed by atoms with Gasteiger partial charge in [0, 0.05) is 30.4 Å². The third-order valence-electron chi connectivity index (χ3n) is 6.63. The van der Waals surface area contributed by atoms with Crippen LogP contribution in [0.1, 0.15) is 53.5 Å². The van der Waals surface area contributed by atoms with Crippen molar-refractivity contribution in [3.63, 3.8) is 0 Å². The number of ketones is 2. The minimum atomic E-state index is -0.636. The van der Waals surface area contributed by atoms with Crippen molar-refractivity contribution < 1.29 is 34.8 Å². The van der Waals surface area contributed by atoms with Crippen LogP contribution >= 0.6 is 0 Å². The van der Waals surface area contributed by atoms with Crippen LogP contribution < -0.4 is 4.74 Å².